The van der Waals surface area contributed by atoms with E-state index in [1.54, 1.807) is 6.26 Å². The van der Waals surface area contributed by atoms with Gasteiger partial charge >= 0.3 is 0 Å². The van der Waals surface area contributed by atoms with Gasteiger partial charge in [0.2, 0.25) is 0 Å². The first kappa shape index (κ1) is 14.2. The van der Waals surface area contributed by atoms with Gasteiger partial charge in [0.15, 0.2) is 0 Å². The van der Waals surface area contributed by atoms with Gasteiger partial charge in [-0.3, -0.25) is 4.21 Å². The minimum absolute atomic E-state index is 0.246. The monoisotopic (exact) mass is 255 g/mol. The Kier molecular flexibility index (Phi) is 6.22. The van der Waals surface area contributed by atoms with Gasteiger partial charge in [0.25, 0.3) is 0 Å². The summed E-state index contributed by atoms with van der Waals surface area (Å²) in [4.78, 5) is 0. The highest BCUT2D eigenvalue weighted by atomic mass is 32.2. The molecule has 0 radical (unpaired) electrons. The molecule has 4 heteroatoms. The predicted molar refractivity (Wildman–Crippen MR) is 72.8 cm³/mol. The molecule has 0 saturated carbocycles. The van der Waals surface area contributed by atoms with Gasteiger partial charge in [0.05, 0.1) is 6.61 Å². The van der Waals surface area contributed by atoms with Gasteiger partial charge in [-0.15, -0.1) is 0 Å². The summed E-state index contributed by atoms with van der Waals surface area (Å²) in [5.41, 5.74) is 1.14. The van der Waals surface area contributed by atoms with Crippen LogP contribution in [-0.4, -0.2) is 28.9 Å². The van der Waals surface area contributed by atoms with Crippen LogP contribution < -0.4 is 10.1 Å². The molecule has 0 amide bonds. The highest BCUT2D eigenvalue weighted by Gasteiger charge is 2.06. The zero-order valence-corrected chi connectivity index (χ0v) is 11.5. The second-order valence-electron chi connectivity index (χ2n) is 4.06. The van der Waals surface area contributed by atoms with Crippen molar-refractivity contribution in [3.8, 4) is 5.75 Å². The molecule has 1 rings (SSSR count). The molecule has 0 aliphatic heterocycles. The lowest BCUT2D eigenvalue weighted by molar-refractivity contribution is 0.335. The standard InChI is InChI=1S/C13H21NO2S/c1-4-16-13-8-6-5-7-12(13)9-14-11(2)10-17(3)15/h5-8,11,14H,4,9-10H2,1-3H3. The van der Waals surface area contributed by atoms with Crippen molar-refractivity contribution in [3.63, 3.8) is 0 Å². The molecule has 0 spiro atoms. The van der Waals surface area contributed by atoms with Crippen LogP contribution in [0.4, 0.5) is 0 Å². The quantitative estimate of drug-likeness (QED) is 0.809. The third-order valence-electron chi connectivity index (χ3n) is 2.40. The third kappa shape index (κ3) is 5.33. The summed E-state index contributed by atoms with van der Waals surface area (Å²) in [6.45, 7) is 5.44. The SMILES string of the molecule is CCOc1ccccc1CNC(C)CS(C)=O. The van der Waals surface area contributed by atoms with E-state index in [1.165, 1.54) is 0 Å². The van der Waals surface area contributed by atoms with Crippen molar-refractivity contribution in [1.29, 1.82) is 0 Å². The third-order valence-corrected chi connectivity index (χ3v) is 3.37. The summed E-state index contributed by atoms with van der Waals surface area (Å²) < 4.78 is 16.6. The number of hydrogen-bond donors (Lipinski definition) is 1. The molecule has 1 aromatic carbocycles. The van der Waals surface area contributed by atoms with Crippen LogP contribution in [-0.2, 0) is 17.3 Å². The lowest BCUT2D eigenvalue weighted by Crippen LogP contribution is -2.30. The Labute approximate surface area is 106 Å². The van der Waals surface area contributed by atoms with Crippen LogP contribution in [0, 0.1) is 0 Å². The lowest BCUT2D eigenvalue weighted by atomic mass is 10.2. The van der Waals surface area contributed by atoms with E-state index in [4.69, 9.17) is 4.74 Å². The highest BCUT2D eigenvalue weighted by Crippen LogP contribution is 2.17. The van der Waals surface area contributed by atoms with Crippen molar-refractivity contribution in [2.45, 2.75) is 26.4 Å². The Morgan fingerprint density at radius 1 is 1.41 bits per heavy atom. The van der Waals surface area contributed by atoms with Gasteiger partial charge in [0.1, 0.15) is 5.75 Å². The van der Waals surface area contributed by atoms with Crippen LogP contribution in [0.3, 0.4) is 0 Å². The Bertz CT molecular complexity index is 368. The zero-order chi connectivity index (χ0) is 12.7. The van der Waals surface area contributed by atoms with E-state index in [0.717, 1.165) is 17.9 Å². The predicted octanol–water partition coefficient (Wildman–Crippen LogP) is 1.94. The molecule has 0 aliphatic carbocycles. The first-order chi connectivity index (χ1) is 8.13. The van der Waals surface area contributed by atoms with Crippen molar-refractivity contribution in [3.05, 3.63) is 29.8 Å². The molecule has 96 valence electrons. The molecule has 1 aromatic rings. The maximum atomic E-state index is 11.1. The number of para-hydroxylation sites is 1. The summed E-state index contributed by atoms with van der Waals surface area (Å²) in [6.07, 6.45) is 1.73. The van der Waals surface area contributed by atoms with E-state index in [9.17, 15) is 4.21 Å². The van der Waals surface area contributed by atoms with Crippen LogP contribution in [0.25, 0.3) is 0 Å². The molecule has 3 nitrogen and oxygen atoms in total. The van der Waals surface area contributed by atoms with E-state index in [1.807, 2.05) is 38.1 Å². The zero-order valence-electron chi connectivity index (χ0n) is 10.7. The van der Waals surface area contributed by atoms with Crippen LogP contribution >= 0.6 is 0 Å². The molecule has 0 heterocycles. The average molecular weight is 255 g/mol. The van der Waals surface area contributed by atoms with Crippen LogP contribution in [0.15, 0.2) is 24.3 Å². The van der Waals surface area contributed by atoms with Crippen molar-refractivity contribution in [2.24, 2.45) is 0 Å². The van der Waals surface area contributed by atoms with Crippen molar-refractivity contribution >= 4 is 10.8 Å². The van der Waals surface area contributed by atoms with Crippen molar-refractivity contribution in [1.82, 2.24) is 5.32 Å². The van der Waals surface area contributed by atoms with Gasteiger partial charge in [-0.2, -0.15) is 0 Å². The number of hydrogen-bond acceptors (Lipinski definition) is 3. The molecule has 2 unspecified atom stereocenters. The fourth-order valence-corrected chi connectivity index (χ4v) is 2.46. The van der Waals surface area contributed by atoms with Crippen LogP contribution in [0.2, 0.25) is 0 Å². The Balaban J connectivity index is 2.53. The van der Waals surface area contributed by atoms with E-state index in [2.05, 4.69) is 5.32 Å². The topological polar surface area (TPSA) is 38.3 Å². The summed E-state index contributed by atoms with van der Waals surface area (Å²) in [6, 6.07) is 8.24. The largest absolute Gasteiger partial charge is 0.494 e. The molecule has 2 atom stereocenters. The van der Waals surface area contributed by atoms with E-state index >= 15 is 0 Å². The molecular formula is C13H21NO2S. The van der Waals surface area contributed by atoms with Gasteiger partial charge in [-0.1, -0.05) is 18.2 Å². The Morgan fingerprint density at radius 2 is 2.12 bits per heavy atom. The second-order valence-corrected chi connectivity index (χ2v) is 5.54. The summed E-state index contributed by atoms with van der Waals surface area (Å²) in [5, 5.41) is 3.36. The number of ether oxygens (including phenoxy) is 1. The summed E-state index contributed by atoms with van der Waals surface area (Å²) >= 11 is 0. The molecule has 1 N–H and O–H groups in total. The van der Waals surface area contributed by atoms with Gasteiger partial charge in [-0.25, -0.2) is 0 Å². The summed E-state index contributed by atoms with van der Waals surface area (Å²) in [7, 11) is -0.756. The first-order valence-corrected chi connectivity index (χ1v) is 7.60. The Morgan fingerprint density at radius 3 is 2.76 bits per heavy atom. The number of benzene rings is 1. The van der Waals surface area contributed by atoms with Crippen molar-refractivity contribution in [2.75, 3.05) is 18.6 Å². The molecule has 0 aliphatic rings. The maximum absolute atomic E-state index is 11.1. The van der Waals surface area contributed by atoms with Gasteiger partial charge in [0, 0.05) is 41.0 Å². The second kappa shape index (κ2) is 7.45. The Hall–Kier alpha value is -0.870. The fraction of sp³-hybridized carbons (Fsp3) is 0.538. The molecule has 0 saturated heterocycles. The maximum Gasteiger partial charge on any atom is 0.123 e. The highest BCUT2D eigenvalue weighted by molar-refractivity contribution is 7.84. The lowest BCUT2D eigenvalue weighted by Gasteiger charge is -2.14. The van der Waals surface area contributed by atoms with E-state index in [0.29, 0.717) is 12.4 Å². The summed E-state index contributed by atoms with van der Waals surface area (Å²) in [5.74, 6) is 1.60. The van der Waals surface area contributed by atoms with Gasteiger partial charge in [-0.05, 0) is 19.9 Å². The minimum Gasteiger partial charge on any atom is -0.494 e. The molecular weight excluding hydrogens is 234 g/mol. The molecule has 0 bridgehead atoms. The molecule has 0 aromatic heterocycles. The normalized spacial score (nSPS) is 14.3. The average Bonchev–Trinajstić information content (AvgIpc) is 2.27. The minimum atomic E-state index is -0.756. The van der Waals surface area contributed by atoms with Gasteiger partial charge < -0.3 is 10.1 Å². The number of nitrogens with one attached hydrogen (secondary N) is 1. The smallest absolute Gasteiger partial charge is 0.123 e. The fourth-order valence-electron chi connectivity index (χ4n) is 1.64. The molecule has 17 heavy (non-hydrogen) atoms. The van der Waals surface area contributed by atoms with Crippen LogP contribution in [0.1, 0.15) is 19.4 Å². The van der Waals surface area contributed by atoms with E-state index in [-0.39, 0.29) is 6.04 Å². The van der Waals surface area contributed by atoms with Crippen molar-refractivity contribution < 1.29 is 8.95 Å². The van der Waals surface area contributed by atoms with Crippen LogP contribution in [0.5, 0.6) is 5.75 Å². The first-order valence-electron chi connectivity index (χ1n) is 5.87. The molecule has 0 fully saturated rings. The van der Waals surface area contributed by atoms with E-state index < -0.39 is 10.8 Å². The number of rotatable bonds is 7.